The Morgan fingerprint density at radius 3 is 2.43 bits per heavy atom. The average molecular weight is 632 g/mol. The fourth-order valence-corrected chi connectivity index (χ4v) is 6.52. The average Bonchev–Trinajstić information content (AvgIpc) is 3.18. The molecule has 4 aromatic rings. The summed E-state index contributed by atoms with van der Waals surface area (Å²) in [6.07, 6.45) is 0.950. The van der Waals surface area contributed by atoms with E-state index in [1.54, 1.807) is 6.07 Å². The van der Waals surface area contributed by atoms with E-state index in [2.05, 4.69) is 43.1 Å². The standard InChI is InChI=1S/C36H36Cl2N2O4/c1-3-33(25-11-14-30(37)31(38)16-25)43-29-12-9-24(10-13-29)35-22-39(2)20-28-15-26-17-32(36(41)42)40(19-23-7-5-4-6-8-23)21-27(26)18-34(28)44-35/h4-16,18,32-33,35H,3,17,19-22H2,1-2H3,(H,41,42)/t32-,33+,35+/m0/s1. The number of ether oxygens (including phenoxy) is 2. The van der Waals surface area contributed by atoms with Crippen LogP contribution in [0.25, 0.3) is 0 Å². The first-order chi connectivity index (χ1) is 21.3. The van der Waals surface area contributed by atoms with Crippen LogP contribution in [0.3, 0.4) is 0 Å². The monoisotopic (exact) mass is 630 g/mol. The quantitative estimate of drug-likeness (QED) is 0.212. The zero-order chi connectivity index (χ0) is 30.8. The van der Waals surface area contributed by atoms with Crippen molar-refractivity contribution in [3.8, 4) is 11.5 Å². The minimum Gasteiger partial charge on any atom is -0.486 e. The number of nitrogens with zero attached hydrogens (tertiary/aromatic N) is 2. The zero-order valence-corrected chi connectivity index (χ0v) is 26.4. The number of fused-ring (bicyclic) bond motifs is 2. The number of carboxylic acid groups (broad SMARTS) is 1. The fourth-order valence-electron chi connectivity index (χ4n) is 6.21. The second-order valence-corrected chi connectivity index (χ2v) is 12.6. The number of carboxylic acids is 1. The van der Waals surface area contributed by atoms with E-state index in [0.29, 0.717) is 29.6 Å². The molecule has 0 amide bonds. The Morgan fingerprint density at radius 1 is 0.955 bits per heavy atom. The molecule has 0 aliphatic carbocycles. The SMILES string of the molecule is CC[C@@H](Oc1ccc([C@H]2CN(C)Cc3cc4c(cc3O2)CN(Cc2ccccc2)[C@H](C(=O)O)C4)cc1)c1ccc(Cl)c(Cl)c1. The number of halogens is 2. The van der Waals surface area contributed by atoms with Crippen LogP contribution in [-0.2, 0) is 30.8 Å². The maximum absolute atomic E-state index is 12.3. The maximum atomic E-state index is 12.3. The Kier molecular flexibility index (Phi) is 9.15. The molecule has 2 heterocycles. The van der Waals surface area contributed by atoms with Crippen LogP contribution < -0.4 is 9.47 Å². The topological polar surface area (TPSA) is 62.2 Å². The molecule has 0 aromatic heterocycles. The lowest BCUT2D eigenvalue weighted by atomic mass is 9.91. The first-order valence-electron chi connectivity index (χ1n) is 15.0. The van der Waals surface area contributed by atoms with E-state index in [1.807, 2.05) is 59.5 Å². The van der Waals surface area contributed by atoms with E-state index in [1.165, 1.54) is 0 Å². The Labute approximate surface area is 268 Å². The summed E-state index contributed by atoms with van der Waals surface area (Å²) < 4.78 is 13.0. The summed E-state index contributed by atoms with van der Waals surface area (Å²) in [4.78, 5) is 16.6. The van der Waals surface area contributed by atoms with Crippen LogP contribution in [0.2, 0.25) is 10.0 Å². The van der Waals surface area contributed by atoms with E-state index in [0.717, 1.165) is 64.4 Å². The minimum atomic E-state index is -0.787. The molecule has 2 aliphatic heterocycles. The molecule has 6 rings (SSSR count). The Balaban J connectivity index is 1.21. The van der Waals surface area contributed by atoms with Crippen LogP contribution >= 0.6 is 23.2 Å². The number of aliphatic carboxylic acids is 1. The molecule has 0 saturated heterocycles. The molecule has 0 bridgehead atoms. The molecule has 228 valence electrons. The summed E-state index contributed by atoms with van der Waals surface area (Å²) in [5.41, 5.74) is 6.44. The van der Waals surface area contributed by atoms with Gasteiger partial charge in [0, 0.05) is 31.7 Å². The highest BCUT2D eigenvalue weighted by Crippen LogP contribution is 2.37. The predicted molar refractivity (Wildman–Crippen MR) is 174 cm³/mol. The molecule has 0 fully saturated rings. The lowest BCUT2D eigenvalue weighted by Crippen LogP contribution is -2.45. The van der Waals surface area contributed by atoms with E-state index in [4.69, 9.17) is 32.7 Å². The molecule has 3 atom stereocenters. The van der Waals surface area contributed by atoms with Crippen molar-refractivity contribution < 1.29 is 19.4 Å². The maximum Gasteiger partial charge on any atom is 0.321 e. The summed E-state index contributed by atoms with van der Waals surface area (Å²) >= 11 is 12.4. The van der Waals surface area contributed by atoms with Crippen molar-refractivity contribution in [2.24, 2.45) is 0 Å². The van der Waals surface area contributed by atoms with Crippen LogP contribution in [0, 0.1) is 0 Å². The van der Waals surface area contributed by atoms with Gasteiger partial charge in [0.15, 0.2) is 0 Å². The van der Waals surface area contributed by atoms with Crippen molar-refractivity contribution in [1.29, 1.82) is 0 Å². The van der Waals surface area contributed by atoms with E-state index < -0.39 is 12.0 Å². The molecule has 1 N–H and O–H groups in total. The Bertz CT molecular complexity index is 1630. The molecule has 8 heteroatoms. The molecule has 0 spiro atoms. The van der Waals surface area contributed by atoms with Gasteiger partial charge >= 0.3 is 5.97 Å². The van der Waals surface area contributed by atoms with Gasteiger partial charge in [-0.2, -0.15) is 0 Å². The highest BCUT2D eigenvalue weighted by molar-refractivity contribution is 6.42. The summed E-state index contributed by atoms with van der Waals surface area (Å²) in [7, 11) is 2.09. The molecular weight excluding hydrogens is 595 g/mol. The predicted octanol–water partition coefficient (Wildman–Crippen LogP) is 8.10. The lowest BCUT2D eigenvalue weighted by Gasteiger charge is -2.35. The molecule has 6 nitrogen and oxygen atoms in total. The molecule has 0 saturated carbocycles. The fraction of sp³-hybridized carbons (Fsp3) is 0.306. The first kappa shape index (κ1) is 30.5. The number of hydrogen-bond donors (Lipinski definition) is 1. The van der Waals surface area contributed by atoms with Crippen molar-refractivity contribution in [2.45, 2.75) is 57.6 Å². The van der Waals surface area contributed by atoms with Crippen molar-refractivity contribution in [2.75, 3.05) is 13.6 Å². The van der Waals surface area contributed by atoms with E-state index in [-0.39, 0.29) is 12.2 Å². The number of likely N-dealkylation sites (N-methyl/N-ethyl adjacent to an activating group) is 1. The minimum absolute atomic E-state index is 0.142. The molecule has 2 aliphatic rings. The van der Waals surface area contributed by atoms with Crippen molar-refractivity contribution in [3.63, 3.8) is 0 Å². The first-order valence-corrected chi connectivity index (χ1v) is 15.7. The van der Waals surface area contributed by atoms with Gasteiger partial charge in [0.05, 0.1) is 10.0 Å². The second kappa shape index (κ2) is 13.2. The molecule has 0 radical (unpaired) electrons. The van der Waals surface area contributed by atoms with Gasteiger partial charge in [-0.05, 0) is 78.0 Å². The largest absolute Gasteiger partial charge is 0.486 e. The van der Waals surface area contributed by atoms with Gasteiger partial charge in [0.1, 0.15) is 29.7 Å². The number of rotatable bonds is 8. The summed E-state index contributed by atoms with van der Waals surface area (Å²) in [6, 6.07) is 27.5. The van der Waals surface area contributed by atoms with Crippen LogP contribution in [0.15, 0.2) is 84.9 Å². The third kappa shape index (κ3) is 6.74. The van der Waals surface area contributed by atoms with Crippen molar-refractivity contribution >= 4 is 29.2 Å². The van der Waals surface area contributed by atoms with Gasteiger partial charge in [0.2, 0.25) is 0 Å². The molecular formula is C36H36Cl2N2O4. The molecule has 0 unspecified atom stereocenters. The van der Waals surface area contributed by atoms with E-state index >= 15 is 0 Å². The third-order valence-electron chi connectivity index (χ3n) is 8.53. The van der Waals surface area contributed by atoms with Gasteiger partial charge in [-0.3, -0.25) is 14.6 Å². The Morgan fingerprint density at radius 2 is 1.73 bits per heavy atom. The van der Waals surface area contributed by atoms with Crippen LogP contribution in [0.4, 0.5) is 0 Å². The van der Waals surface area contributed by atoms with Crippen LogP contribution in [-0.4, -0.2) is 40.5 Å². The number of benzene rings is 4. The van der Waals surface area contributed by atoms with Gasteiger partial charge in [-0.25, -0.2) is 0 Å². The van der Waals surface area contributed by atoms with Crippen molar-refractivity contribution in [1.82, 2.24) is 9.80 Å². The van der Waals surface area contributed by atoms with Gasteiger partial charge in [-0.1, -0.05) is 84.7 Å². The third-order valence-corrected chi connectivity index (χ3v) is 9.27. The summed E-state index contributed by atoms with van der Waals surface area (Å²) in [5, 5.41) is 11.1. The highest BCUT2D eigenvalue weighted by atomic mass is 35.5. The summed E-state index contributed by atoms with van der Waals surface area (Å²) in [5.74, 6) is 0.844. The van der Waals surface area contributed by atoms with Gasteiger partial charge in [0.25, 0.3) is 0 Å². The van der Waals surface area contributed by atoms with Gasteiger partial charge < -0.3 is 14.6 Å². The molecule has 4 aromatic carbocycles. The van der Waals surface area contributed by atoms with E-state index in [9.17, 15) is 9.90 Å². The highest BCUT2D eigenvalue weighted by Gasteiger charge is 2.33. The Hall–Kier alpha value is -3.55. The van der Waals surface area contributed by atoms with Crippen LogP contribution in [0.1, 0.15) is 58.9 Å². The smallest absolute Gasteiger partial charge is 0.321 e. The summed E-state index contributed by atoms with van der Waals surface area (Å²) in [6.45, 7) is 4.67. The van der Waals surface area contributed by atoms with Crippen molar-refractivity contribution in [3.05, 3.63) is 128 Å². The van der Waals surface area contributed by atoms with Crippen LogP contribution in [0.5, 0.6) is 11.5 Å². The lowest BCUT2D eigenvalue weighted by molar-refractivity contribution is -0.144. The normalized spacial score (nSPS) is 19.3. The molecule has 44 heavy (non-hydrogen) atoms. The van der Waals surface area contributed by atoms with Gasteiger partial charge in [-0.15, -0.1) is 0 Å². The number of carbonyl (C=O) groups is 1. The second-order valence-electron chi connectivity index (χ2n) is 11.7. The zero-order valence-electron chi connectivity index (χ0n) is 24.9. The number of hydrogen-bond acceptors (Lipinski definition) is 5.